The van der Waals surface area contributed by atoms with Crippen LogP contribution in [0, 0.1) is 0 Å². The van der Waals surface area contributed by atoms with Gasteiger partial charge in [-0.3, -0.25) is 0 Å². The molecule has 0 unspecified atom stereocenters. The van der Waals surface area contributed by atoms with Crippen molar-refractivity contribution in [1.82, 2.24) is 19.1 Å². The van der Waals surface area contributed by atoms with Gasteiger partial charge < -0.3 is 10.5 Å². The predicted octanol–water partition coefficient (Wildman–Crippen LogP) is 0.483. The Kier molecular flexibility index (Phi) is 2.82. The fraction of sp³-hybridized carbons (Fsp3) is 0.250. The standard InChI is InChI=1S/C8H9N5O2S/c1-2-15-7(14)6-5(9)3-13(12-6)8-10-4-11-16-8/h3-4H,2,9H2,1H3. The summed E-state index contributed by atoms with van der Waals surface area (Å²) < 4.78 is 10.0. The number of hydrogen-bond acceptors (Lipinski definition) is 7. The highest BCUT2D eigenvalue weighted by Gasteiger charge is 2.17. The first-order valence-electron chi connectivity index (χ1n) is 4.51. The molecule has 0 saturated heterocycles. The molecule has 7 nitrogen and oxygen atoms in total. The number of rotatable bonds is 3. The molecule has 0 radical (unpaired) electrons. The quantitative estimate of drug-likeness (QED) is 0.783. The Hall–Kier alpha value is -1.96. The lowest BCUT2D eigenvalue weighted by atomic mass is 10.4. The Morgan fingerprint density at radius 3 is 3.12 bits per heavy atom. The highest BCUT2D eigenvalue weighted by Crippen LogP contribution is 2.15. The zero-order valence-electron chi connectivity index (χ0n) is 8.45. The van der Waals surface area contributed by atoms with Crippen molar-refractivity contribution < 1.29 is 9.53 Å². The fourth-order valence-corrected chi connectivity index (χ4v) is 1.57. The van der Waals surface area contributed by atoms with Crippen molar-refractivity contribution in [3.8, 4) is 5.13 Å². The molecule has 0 saturated carbocycles. The van der Waals surface area contributed by atoms with Crippen molar-refractivity contribution in [3.63, 3.8) is 0 Å². The number of esters is 1. The molecule has 84 valence electrons. The minimum Gasteiger partial charge on any atom is -0.461 e. The third kappa shape index (κ3) is 1.87. The van der Waals surface area contributed by atoms with Gasteiger partial charge >= 0.3 is 5.97 Å². The van der Waals surface area contributed by atoms with Crippen LogP contribution in [0.1, 0.15) is 17.4 Å². The van der Waals surface area contributed by atoms with Gasteiger partial charge in [0.25, 0.3) is 0 Å². The van der Waals surface area contributed by atoms with Crippen molar-refractivity contribution in [2.45, 2.75) is 6.92 Å². The molecule has 16 heavy (non-hydrogen) atoms. The third-order valence-electron chi connectivity index (χ3n) is 1.76. The van der Waals surface area contributed by atoms with Crippen LogP contribution in [0.5, 0.6) is 0 Å². The second kappa shape index (κ2) is 4.27. The van der Waals surface area contributed by atoms with E-state index < -0.39 is 5.97 Å². The van der Waals surface area contributed by atoms with Crippen molar-refractivity contribution >= 4 is 23.2 Å². The number of carbonyl (C=O) groups is 1. The molecule has 2 aromatic heterocycles. The van der Waals surface area contributed by atoms with E-state index in [1.807, 2.05) is 0 Å². The average Bonchev–Trinajstić information content (AvgIpc) is 2.86. The van der Waals surface area contributed by atoms with E-state index in [1.165, 1.54) is 17.2 Å². The van der Waals surface area contributed by atoms with Crippen LogP contribution in [0.25, 0.3) is 5.13 Å². The molecule has 2 aromatic rings. The van der Waals surface area contributed by atoms with Crippen molar-refractivity contribution in [2.75, 3.05) is 12.3 Å². The van der Waals surface area contributed by atoms with Crippen LogP contribution in [-0.4, -0.2) is 31.7 Å². The van der Waals surface area contributed by atoms with Gasteiger partial charge in [0.05, 0.1) is 18.5 Å². The van der Waals surface area contributed by atoms with Crippen LogP contribution in [0.3, 0.4) is 0 Å². The summed E-state index contributed by atoms with van der Waals surface area (Å²) in [5.74, 6) is -0.539. The van der Waals surface area contributed by atoms with Crippen LogP contribution in [-0.2, 0) is 4.74 Å². The number of anilines is 1. The van der Waals surface area contributed by atoms with Crippen LogP contribution in [0.2, 0.25) is 0 Å². The van der Waals surface area contributed by atoms with Crippen molar-refractivity contribution in [2.24, 2.45) is 0 Å². The average molecular weight is 239 g/mol. The van der Waals surface area contributed by atoms with Gasteiger partial charge in [-0.2, -0.15) is 9.47 Å². The topological polar surface area (TPSA) is 95.9 Å². The molecule has 0 aliphatic heterocycles. The first-order valence-corrected chi connectivity index (χ1v) is 5.29. The number of carbonyl (C=O) groups excluding carboxylic acids is 1. The summed E-state index contributed by atoms with van der Waals surface area (Å²) in [6.45, 7) is 2.00. The van der Waals surface area contributed by atoms with E-state index >= 15 is 0 Å². The van der Waals surface area contributed by atoms with Crippen LogP contribution in [0.15, 0.2) is 12.5 Å². The number of nitrogens with zero attached hydrogens (tertiary/aromatic N) is 4. The van der Waals surface area contributed by atoms with E-state index in [1.54, 1.807) is 6.92 Å². The first kappa shape index (κ1) is 10.6. The minimum atomic E-state index is -0.539. The zero-order chi connectivity index (χ0) is 11.5. The summed E-state index contributed by atoms with van der Waals surface area (Å²) in [6, 6.07) is 0. The molecule has 0 spiro atoms. The van der Waals surface area contributed by atoms with E-state index in [2.05, 4.69) is 14.5 Å². The van der Waals surface area contributed by atoms with Gasteiger partial charge in [-0.1, -0.05) is 0 Å². The minimum absolute atomic E-state index is 0.0945. The normalized spacial score (nSPS) is 10.3. The van der Waals surface area contributed by atoms with Crippen molar-refractivity contribution in [3.05, 3.63) is 18.2 Å². The van der Waals surface area contributed by atoms with Gasteiger partial charge in [-0.05, 0) is 6.92 Å². The second-order valence-electron chi connectivity index (χ2n) is 2.82. The van der Waals surface area contributed by atoms with E-state index in [9.17, 15) is 4.79 Å². The second-order valence-corrected chi connectivity index (χ2v) is 3.58. The van der Waals surface area contributed by atoms with Crippen LogP contribution < -0.4 is 5.73 Å². The number of ether oxygens (including phenoxy) is 1. The SMILES string of the molecule is CCOC(=O)c1nn(-c2ncns2)cc1N. The van der Waals surface area contributed by atoms with Gasteiger partial charge in [-0.15, -0.1) is 0 Å². The Labute approximate surface area is 95.0 Å². The van der Waals surface area contributed by atoms with Gasteiger partial charge in [0, 0.05) is 11.5 Å². The number of aromatic nitrogens is 4. The van der Waals surface area contributed by atoms with E-state index in [-0.39, 0.29) is 18.0 Å². The number of hydrogen-bond donors (Lipinski definition) is 1. The largest absolute Gasteiger partial charge is 0.461 e. The Morgan fingerprint density at radius 2 is 2.50 bits per heavy atom. The van der Waals surface area contributed by atoms with Crippen molar-refractivity contribution in [1.29, 1.82) is 0 Å². The molecule has 0 amide bonds. The summed E-state index contributed by atoms with van der Waals surface area (Å²) in [6.07, 6.45) is 2.91. The molecule has 2 rings (SSSR count). The summed E-state index contributed by atoms with van der Waals surface area (Å²) in [5.41, 5.74) is 6.00. The maximum Gasteiger partial charge on any atom is 0.361 e. The highest BCUT2D eigenvalue weighted by atomic mass is 32.1. The Bertz CT molecular complexity index is 493. The number of nitrogens with two attached hydrogens (primary N) is 1. The lowest BCUT2D eigenvalue weighted by Crippen LogP contribution is -2.08. The molecule has 0 aromatic carbocycles. The maximum atomic E-state index is 11.4. The van der Waals surface area contributed by atoms with Crippen LogP contribution in [0.4, 0.5) is 5.69 Å². The molecule has 0 aliphatic carbocycles. The first-order chi connectivity index (χ1) is 7.72. The fourth-order valence-electron chi connectivity index (χ4n) is 1.11. The number of nitrogen functional groups attached to an aromatic ring is 1. The maximum absolute atomic E-state index is 11.4. The zero-order valence-corrected chi connectivity index (χ0v) is 9.27. The summed E-state index contributed by atoms with van der Waals surface area (Å²) in [7, 11) is 0. The molecule has 0 aliphatic rings. The molecule has 8 heteroatoms. The molecule has 0 bridgehead atoms. The van der Waals surface area contributed by atoms with E-state index in [4.69, 9.17) is 10.5 Å². The highest BCUT2D eigenvalue weighted by molar-refractivity contribution is 7.07. The lowest BCUT2D eigenvalue weighted by Gasteiger charge is -1.97. The van der Waals surface area contributed by atoms with E-state index in [0.29, 0.717) is 5.13 Å². The van der Waals surface area contributed by atoms with E-state index in [0.717, 1.165) is 11.5 Å². The summed E-state index contributed by atoms with van der Waals surface area (Å²) in [4.78, 5) is 15.4. The molecule has 0 atom stereocenters. The monoisotopic (exact) mass is 239 g/mol. The van der Waals surface area contributed by atoms with Gasteiger partial charge in [-0.25, -0.2) is 14.5 Å². The van der Waals surface area contributed by atoms with Gasteiger partial charge in [0.15, 0.2) is 5.69 Å². The summed E-state index contributed by atoms with van der Waals surface area (Å²) >= 11 is 1.15. The lowest BCUT2D eigenvalue weighted by molar-refractivity contribution is 0.0520. The smallest absolute Gasteiger partial charge is 0.361 e. The predicted molar refractivity (Wildman–Crippen MR) is 57.4 cm³/mol. The Balaban J connectivity index is 2.32. The molecular weight excluding hydrogens is 230 g/mol. The van der Waals surface area contributed by atoms with Gasteiger partial charge in [0.1, 0.15) is 6.33 Å². The van der Waals surface area contributed by atoms with Crippen LogP contribution >= 0.6 is 11.5 Å². The summed E-state index contributed by atoms with van der Waals surface area (Å²) in [5, 5.41) is 4.54. The molecule has 0 fully saturated rings. The third-order valence-corrected chi connectivity index (χ3v) is 2.41. The molecule has 2 N–H and O–H groups in total. The molecular formula is C8H9N5O2S. The van der Waals surface area contributed by atoms with Gasteiger partial charge in [0.2, 0.25) is 5.13 Å². The molecule has 2 heterocycles. The Morgan fingerprint density at radius 1 is 1.69 bits per heavy atom.